The summed E-state index contributed by atoms with van der Waals surface area (Å²) < 4.78 is 27.0. The highest BCUT2D eigenvalue weighted by atomic mass is 32.1. The third-order valence-electron chi connectivity index (χ3n) is 2.39. The molecule has 0 aliphatic rings. The fourth-order valence-electron chi connectivity index (χ4n) is 1.50. The van der Waals surface area contributed by atoms with Crippen molar-refractivity contribution in [3.63, 3.8) is 0 Å². The summed E-state index contributed by atoms with van der Waals surface area (Å²) in [5.41, 5.74) is 4.79. The van der Waals surface area contributed by atoms with Crippen molar-refractivity contribution in [1.82, 2.24) is 4.90 Å². The van der Waals surface area contributed by atoms with Crippen molar-refractivity contribution >= 4 is 23.1 Å². The zero-order valence-corrected chi connectivity index (χ0v) is 10.9. The zero-order valence-electron chi connectivity index (χ0n) is 10.1. The van der Waals surface area contributed by atoms with E-state index in [-0.39, 0.29) is 17.6 Å². The first-order valence-corrected chi connectivity index (χ1v) is 5.78. The highest BCUT2D eigenvalue weighted by molar-refractivity contribution is 7.80. The van der Waals surface area contributed by atoms with E-state index < -0.39 is 23.1 Å². The molecule has 0 heterocycles. The van der Waals surface area contributed by atoms with Crippen molar-refractivity contribution in [2.24, 2.45) is 5.73 Å². The van der Waals surface area contributed by atoms with Gasteiger partial charge in [0.25, 0.3) is 5.91 Å². The van der Waals surface area contributed by atoms with Gasteiger partial charge in [0.1, 0.15) is 17.2 Å². The van der Waals surface area contributed by atoms with Gasteiger partial charge in [-0.05, 0) is 26.0 Å². The fourth-order valence-corrected chi connectivity index (χ4v) is 1.64. The maximum Gasteiger partial charge on any atom is 0.260 e. The molecule has 18 heavy (non-hydrogen) atoms. The summed E-state index contributed by atoms with van der Waals surface area (Å²) in [7, 11) is 0. The Labute approximate surface area is 110 Å². The standard InChI is InChI=1S/C12H14F2N2OS/c1-7(2)16(6-10(15)18)12(17)11-8(13)4-3-5-9(11)14/h3-5,7H,6H2,1-2H3,(H2,15,18). The van der Waals surface area contributed by atoms with E-state index >= 15 is 0 Å². The van der Waals surface area contributed by atoms with Crippen LogP contribution in [0.2, 0.25) is 0 Å². The Morgan fingerprint density at radius 2 is 1.89 bits per heavy atom. The minimum atomic E-state index is -0.895. The first-order valence-electron chi connectivity index (χ1n) is 5.38. The van der Waals surface area contributed by atoms with Gasteiger partial charge in [-0.25, -0.2) is 8.78 Å². The highest BCUT2D eigenvalue weighted by Crippen LogP contribution is 2.16. The van der Waals surface area contributed by atoms with Crippen LogP contribution in [0.4, 0.5) is 8.78 Å². The van der Waals surface area contributed by atoms with Crippen molar-refractivity contribution in [1.29, 1.82) is 0 Å². The zero-order chi connectivity index (χ0) is 13.9. The van der Waals surface area contributed by atoms with E-state index in [1.54, 1.807) is 13.8 Å². The van der Waals surface area contributed by atoms with Gasteiger partial charge < -0.3 is 10.6 Å². The summed E-state index contributed by atoms with van der Waals surface area (Å²) in [6, 6.07) is 3.01. The van der Waals surface area contributed by atoms with Crippen LogP contribution in [0.1, 0.15) is 24.2 Å². The summed E-state index contributed by atoms with van der Waals surface area (Å²) in [5.74, 6) is -2.55. The van der Waals surface area contributed by atoms with Crippen molar-refractivity contribution in [3.05, 3.63) is 35.4 Å². The van der Waals surface area contributed by atoms with E-state index in [2.05, 4.69) is 0 Å². The van der Waals surface area contributed by atoms with E-state index in [1.165, 1.54) is 11.0 Å². The van der Waals surface area contributed by atoms with Gasteiger partial charge in [0.15, 0.2) is 0 Å². The first kappa shape index (κ1) is 14.5. The minimum Gasteiger partial charge on any atom is -0.392 e. The molecule has 0 aliphatic carbocycles. The molecule has 2 N–H and O–H groups in total. The lowest BCUT2D eigenvalue weighted by atomic mass is 10.1. The van der Waals surface area contributed by atoms with Crippen molar-refractivity contribution in [2.75, 3.05) is 6.54 Å². The summed E-state index contributed by atoms with van der Waals surface area (Å²) >= 11 is 4.72. The topological polar surface area (TPSA) is 46.3 Å². The van der Waals surface area contributed by atoms with Crippen LogP contribution in [-0.2, 0) is 0 Å². The van der Waals surface area contributed by atoms with Crippen LogP contribution in [0.25, 0.3) is 0 Å². The number of carbonyl (C=O) groups is 1. The third kappa shape index (κ3) is 3.22. The van der Waals surface area contributed by atoms with Gasteiger partial charge in [0, 0.05) is 6.04 Å². The molecule has 6 heteroatoms. The molecule has 0 atom stereocenters. The number of carbonyl (C=O) groups excluding carboxylic acids is 1. The van der Waals surface area contributed by atoms with Crippen LogP contribution in [0.5, 0.6) is 0 Å². The SMILES string of the molecule is CC(C)N(CC(N)=S)C(=O)c1c(F)cccc1F. The Hall–Kier alpha value is -1.56. The average molecular weight is 272 g/mol. The maximum absolute atomic E-state index is 13.5. The number of halogens is 2. The predicted octanol–water partition coefficient (Wildman–Crippen LogP) is 2.10. The molecule has 3 nitrogen and oxygen atoms in total. The summed E-state index contributed by atoms with van der Waals surface area (Å²) in [5, 5.41) is 0. The second kappa shape index (κ2) is 5.86. The van der Waals surface area contributed by atoms with Gasteiger partial charge >= 0.3 is 0 Å². The molecule has 0 aromatic heterocycles. The molecular formula is C12H14F2N2OS. The Balaban J connectivity index is 3.14. The number of benzene rings is 1. The number of nitrogens with zero attached hydrogens (tertiary/aromatic N) is 1. The quantitative estimate of drug-likeness (QED) is 0.854. The molecule has 0 spiro atoms. The number of hydrogen-bond acceptors (Lipinski definition) is 2. The van der Waals surface area contributed by atoms with Crippen molar-refractivity contribution in [2.45, 2.75) is 19.9 Å². The molecule has 1 amide bonds. The number of thiocarbonyl (C=S) groups is 1. The summed E-state index contributed by atoms with van der Waals surface area (Å²) in [6.07, 6.45) is 0. The second-order valence-electron chi connectivity index (χ2n) is 4.09. The molecule has 0 aliphatic heterocycles. The van der Waals surface area contributed by atoms with Crippen LogP contribution >= 0.6 is 12.2 Å². The third-order valence-corrected chi connectivity index (χ3v) is 2.52. The average Bonchev–Trinajstić information content (AvgIpc) is 2.24. The largest absolute Gasteiger partial charge is 0.392 e. The van der Waals surface area contributed by atoms with Gasteiger partial charge in [0.05, 0.1) is 11.5 Å². The lowest BCUT2D eigenvalue weighted by molar-refractivity contribution is 0.0726. The lowest BCUT2D eigenvalue weighted by Crippen LogP contribution is -2.42. The van der Waals surface area contributed by atoms with Crippen LogP contribution in [0.3, 0.4) is 0 Å². The molecule has 0 bridgehead atoms. The Bertz CT molecular complexity index is 457. The Morgan fingerprint density at radius 1 is 1.39 bits per heavy atom. The van der Waals surface area contributed by atoms with Gasteiger partial charge in [-0.1, -0.05) is 18.3 Å². The second-order valence-corrected chi connectivity index (χ2v) is 4.61. The summed E-state index contributed by atoms with van der Waals surface area (Å²) in [6.45, 7) is 3.42. The van der Waals surface area contributed by atoms with E-state index in [9.17, 15) is 13.6 Å². The smallest absolute Gasteiger partial charge is 0.260 e. The number of amides is 1. The van der Waals surface area contributed by atoms with E-state index in [0.29, 0.717) is 0 Å². The van der Waals surface area contributed by atoms with Gasteiger partial charge in [-0.2, -0.15) is 0 Å². The number of nitrogens with two attached hydrogens (primary N) is 1. The lowest BCUT2D eigenvalue weighted by Gasteiger charge is -2.26. The van der Waals surface area contributed by atoms with E-state index in [0.717, 1.165) is 12.1 Å². The highest BCUT2D eigenvalue weighted by Gasteiger charge is 2.25. The van der Waals surface area contributed by atoms with Crippen LogP contribution in [0, 0.1) is 11.6 Å². The molecule has 1 aromatic rings. The number of hydrogen-bond donors (Lipinski definition) is 1. The molecule has 0 saturated heterocycles. The van der Waals surface area contributed by atoms with Gasteiger partial charge in [-0.15, -0.1) is 0 Å². The van der Waals surface area contributed by atoms with Crippen LogP contribution in [-0.4, -0.2) is 28.4 Å². The normalized spacial score (nSPS) is 10.5. The molecule has 1 rings (SSSR count). The predicted molar refractivity (Wildman–Crippen MR) is 69.3 cm³/mol. The van der Waals surface area contributed by atoms with E-state index in [4.69, 9.17) is 18.0 Å². The van der Waals surface area contributed by atoms with E-state index in [1.807, 2.05) is 0 Å². The monoisotopic (exact) mass is 272 g/mol. The first-order chi connectivity index (χ1) is 8.34. The maximum atomic E-state index is 13.5. The van der Waals surface area contributed by atoms with Crippen molar-refractivity contribution < 1.29 is 13.6 Å². The van der Waals surface area contributed by atoms with Crippen molar-refractivity contribution in [3.8, 4) is 0 Å². The molecule has 98 valence electrons. The molecule has 0 saturated carbocycles. The van der Waals surface area contributed by atoms with Gasteiger partial charge in [-0.3, -0.25) is 4.79 Å². The summed E-state index contributed by atoms with van der Waals surface area (Å²) in [4.78, 5) is 13.4. The Morgan fingerprint density at radius 3 is 2.28 bits per heavy atom. The number of rotatable bonds is 4. The molecule has 0 radical (unpaired) electrons. The fraction of sp³-hybridized carbons (Fsp3) is 0.333. The van der Waals surface area contributed by atoms with Gasteiger partial charge in [0.2, 0.25) is 0 Å². The minimum absolute atomic E-state index is 0.0143. The molecule has 1 aromatic carbocycles. The Kier molecular flexibility index (Phi) is 4.72. The molecular weight excluding hydrogens is 258 g/mol. The molecule has 0 fully saturated rings. The molecule has 0 unspecified atom stereocenters. The van der Waals surface area contributed by atoms with Crippen LogP contribution in [0.15, 0.2) is 18.2 Å². The van der Waals surface area contributed by atoms with Crippen LogP contribution < -0.4 is 5.73 Å².